The van der Waals surface area contributed by atoms with Crippen LogP contribution in [0.1, 0.15) is 28.4 Å². The number of carbonyl (C=O) groups is 1. The molecule has 6 atom stereocenters. The summed E-state index contributed by atoms with van der Waals surface area (Å²) in [4.78, 5) is 12.7. The molecule has 0 unspecified atom stereocenters. The van der Waals surface area contributed by atoms with E-state index in [0.29, 0.717) is 5.56 Å². The zero-order chi connectivity index (χ0) is 24.0. The summed E-state index contributed by atoms with van der Waals surface area (Å²) in [7, 11) is 0. The van der Waals surface area contributed by atoms with E-state index in [1.807, 2.05) is 0 Å². The molecule has 12 heteroatoms. The average Bonchev–Trinajstić information content (AvgIpc) is 2.78. The number of hydrogen-bond donors (Lipinski definition) is 8. The Hall–Kier alpha value is -3.29. The van der Waals surface area contributed by atoms with Gasteiger partial charge in [-0.3, -0.25) is 4.79 Å². The van der Waals surface area contributed by atoms with E-state index in [-0.39, 0.29) is 23.5 Å². The van der Waals surface area contributed by atoms with Crippen molar-refractivity contribution in [2.75, 3.05) is 6.61 Å². The fraction of sp³-hybridized carbons (Fsp3) is 0.381. The maximum absolute atomic E-state index is 12.7. The van der Waals surface area contributed by atoms with Gasteiger partial charge in [-0.2, -0.15) is 0 Å². The second-order valence-electron chi connectivity index (χ2n) is 7.74. The molecule has 0 bridgehead atoms. The normalized spacial score (nSPS) is 29.3. The van der Waals surface area contributed by atoms with E-state index < -0.39 is 72.2 Å². The first-order valence-electron chi connectivity index (χ1n) is 9.90. The molecule has 2 aromatic rings. The van der Waals surface area contributed by atoms with E-state index >= 15 is 0 Å². The molecule has 1 fully saturated rings. The van der Waals surface area contributed by atoms with Gasteiger partial charge in [-0.15, -0.1) is 0 Å². The quantitative estimate of drug-likeness (QED) is 0.266. The van der Waals surface area contributed by atoms with Crippen LogP contribution in [-0.4, -0.2) is 83.9 Å². The van der Waals surface area contributed by atoms with Gasteiger partial charge in [0, 0.05) is 6.07 Å². The summed E-state index contributed by atoms with van der Waals surface area (Å²) >= 11 is 0. The second-order valence-corrected chi connectivity index (χ2v) is 7.74. The van der Waals surface area contributed by atoms with Crippen LogP contribution in [0.5, 0.6) is 34.5 Å². The Morgan fingerprint density at radius 1 is 0.939 bits per heavy atom. The molecule has 0 spiro atoms. The number of aromatic hydroxyl groups is 4. The molecule has 12 nitrogen and oxygen atoms in total. The highest BCUT2D eigenvalue weighted by Crippen LogP contribution is 2.49. The third kappa shape index (κ3) is 3.98. The van der Waals surface area contributed by atoms with Crippen molar-refractivity contribution >= 4 is 5.78 Å². The summed E-state index contributed by atoms with van der Waals surface area (Å²) in [6.07, 6.45) is -9.22. The van der Waals surface area contributed by atoms with Gasteiger partial charge >= 0.3 is 0 Å². The number of ether oxygens (including phenoxy) is 3. The lowest BCUT2D eigenvalue weighted by Gasteiger charge is -2.39. The van der Waals surface area contributed by atoms with Crippen LogP contribution >= 0.6 is 0 Å². The largest absolute Gasteiger partial charge is 0.504 e. The molecule has 178 valence electrons. The minimum absolute atomic E-state index is 0.182. The number of aliphatic hydroxyl groups is 4. The summed E-state index contributed by atoms with van der Waals surface area (Å²) in [6.45, 7) is -0.703. The van der Waals surface area contributed by atoms with Crippen molar-refractivity contribution in [1.29, 1.82) is 0 Å². The lowest BCUT2D eigenvalue weighted by molar-refractivity contribution is -0.277. The summed E-state index contributed by atoms with van der Waals surface area (Å²) in [5.74, 6) is -3.72. The zero-order valence-electron chi connectivity index (χ0n) is 16.9. The van der Waals surface area contributed by atoms with Gasteiger partial charge in [0.25, 0.3) is 0 Å². The number of phenols is 4. The van der Waals surface area contributed by atoms with Crippen molar-refractivity contribution in [3.05, 3.63) is 35.4 Å². The Kier molecular flexibility index (Phi) is 5.95. The lowest BCUT2D eigenvalue weighted by Crippen LogP contribution is -2.60. The first kappa shape index (κ1) is 22.9. The van der Waals surface area contributed by atoms with Crippen molar-refractivity contribution < 1.29 is 59.9 Å². The first-order valence-corrected chi connectivity index (χ1v) is 9.90. The third-order valence-electron chi connectivity index (χ3n) is 5.58. The highest BCUT2D eigenvalue weighted by Gasteiger charge is 2.45. The number of carbonyl (C=O) groups excluding carboxylic acids is 1. The molecule has 8 N–H and O–H groups in total. The van der Waals surface area contributed by atoms with Crippen LogP contribution in [0.4, 0.5) is 0 Å². The van der Waals surface area contributed by atoms with Crippen LogP contribution in [0.3, 0.4) is 0 Å². The number of ketones is 1. The van der Waals surface area contributed by atoms with Crippen LogP contribution < -0.4 is 9.47 Å². The molecule has 1 saturated heterocycles. The predicted octanol–water partition coefficient (Wildman–Crippen LogP) is -0.606. The maximum atomic E-state index is 12.7. The van der Waals surface area contributed by atoms with Crippen molar-refractivity contribution in [3.63, 3.8) is 0 Å². The molecule has 4 rings (SSSR count). The molecule has 0 saturated carbocycles. The van der Waals surface area contributed by atoms with Crippen molar-refractivity contribution in [3.8, 4) is 34.5 Å². The Morgan fingerprint density at radius 3 is 2.33 bits per heavy atom. The van der Waals surface area contributed by atoms with E-state index in [2.05, 4.69) is 0 Å². The van der Waals surface area contributed by atoms with Crippen LogP contribution in [0.25, 0.3) is 0 Å². The Labute approximate surface area is 186 Å². The van der Waals surface area contributed by atoms with Crippen LogP contribution in [0, 0.1) is 0 Å². The van der Waals surface area contributed by atoms with Gasteiger partial charge < -0.3 is 55.1 Å². The fourth-order valence-electron chi connectivity index (χ4n) is 3.75. The molecule has 33 heavy (non-hydrogen) atoms. The number of fused-ring (bicyclic) bond motifs is 1. The van der Waals surface area contributed by atoms with E-state index in [4.69, 9.17) is 14.2 Å². The molecule has 2 aliphatic heterocycles. The maximum Gasteiger partial charge on any atom is 0.229 e. The monoisotopic (exact) mass is 466 g/mol. The van der Waals surface area contributed by atoms with Crippen molar-refractivity contribution in [1.82, 2.24) is 0 Å². The molecule has 2 aliphatic rings. The molecular weight excluding hydrogens is 444 g/mol. The number of aliphatic hydroxyl groups excluding tert-OH is 4. The molecule has 0 aliphatic carbocycles. The number of benzene rings is 2. The highest BCUT2D eigenvalue weighted by atomic mass is 16.7. The van der Waals surface area contributed by atoms with Gasteiger partial charge in [-0.1, -0.05) is 6.07 Å². The molecule has 2 heterocycles. The Balaban J connectivity index is 1.65. The standard InChI is InChI=1S/C21H22O12/c22-6-14-17(27)19(29)20(30)21(33-14)32-13-5-12-15(18(28)16(13)26)10(25)4-11(31-12)7-1-2-8(23)9(24)3-7/h1-3,5,11,14,17,19-24,26-30H,4,6H2/t11-,14-,17-,19+,20-,21-/m1/s1. The van der Waals surface area contributed by atoms with E-state index in [9.17, 15) is 45.6 Å². The fourth-order valence-corrected chi connectivity index (χ4v) is 3.75. The topological polar surface area (TPSA) is 207 Å². The number of phenolic OH excluding ortho intramolecular Hbond substituents is 4. The van der Waals surface area contributed by atoms with Crippen LogP contribution in [0.2, 0.25) is 0 Å². The lowest BCUT2D eigenvalue weighted by atomic mass is 9.95. The van der Waals surface area contributed by atoms with Gasteiger partial charge in [-0.25, -0.2) is 0 Å². The molecule has 0 amide bonds. The molecular formula is C21H22O12. The zero-order valence-corrected chi connectivity index (χ0v) is 16.9. The average molecular weight is 466 g/mol. The highest BCUT2D eigenvalue weighted by molar-refractivity contribution is 6.03. The molecule has 0 aromatic heterocycles. The van der Waals surface area contributed by atoms with E-state index in [1.54, 1.807) is 0 Å². The van der Waals surface area contributed by atoms with E-state index in [0.717, 1.165) is 6.07 Å². The number of rotatable bonds is 4. The molecule has 2 aromatic carbocycles. The van der Waals surface area contributed by atoms with Gasteiger partial charge in [0.05, 0.1) is 13.0 Å². The predicted molar refractivity (Wildman–Crippen MR) is 106 cm³/mol. The second kappa shape index (κ2) is 8.57. The third-order valence-corrected chi connectivity index (χ3v) is 5.58. The van der Waals surface area contributed by atoms with Crippen molar-refractivity contribution in [2.45, 2.75) is 43.2 Å². The number of hydrogen-bond acceptors (Lipinski definition) is 12. The van der Waals surface area contributed by atoms with Crippen LogP contribution in [0.15, 0.2) is 24.3 Å². The SMILES string of the molecule is O=C1C[C@H](c2ccc(O)c(O)c2)Oc2cc(O[C@@H]3O[C@H](CO)[C@@H](O)[C@H](O)[C@H]3O)c(O)c(O)c21. The summed E-state index contributed by atoms with van der Waals surface area (Å²) in [6, 6.07) is 4.93. The van der Waals surface area contributed by atoms with Gasteiger partial charge in [-0.05, 0) is 17.7 Å². The van der Waals surface area contributed by atoms with Gasteiger partial charge in [0.2, 0.25) is 12.0 Å². The van der Waals surface area contributed by atoms with Crippen molar-refractivity contribution in [2.24, 2.45) is 0 Å². The first-order chi connectivity index (χ1) is 15.6. The Bertz CT molecular complexity index is 1070. The summed E-state index contributed by atoms with van der Waals surface area (Å²) in [5.41, 5.74) is 0.0427. The minimum atomic E-state index is -1.78. The number of Topliss-reactive ketones (excluding diaryl/α,β-unsaturated/α-hetero) is 1. The molecule has 0 radical (unpaired) electrons. The minimum Gasteiger partial charge on any atom is -0.504 e. The van der Waals surface area contributed by atoms with Gasteiger partial charge in [0.1, 0.15) is 41.8 Å². The van der Waals surface area contributed by atoms with Crippen LogP contribution in [-0.2, 0) is 4.74 Å². The Morgan fingerprint density at radius 2 is 1.67 bits per heavy atom. The summed E-state index contributed by atoms with van der Waals surface area (Å²) < 4.78 is 16.4. The smallest absolute Gasteiger partial charge is 0.229 e. The van der Waals surface area contributed by atoms with E-state index in [1.165, 1.54) is 18.2 Å². The van der Waals surface area contributed by atoms with Gasteiger partial charge in [0.15, 0.2) is 28.8 Å². The summed E-state index contributed by atoms with van der Waals surface area (Å²) in [5, 5.41) is 79.2.